The zero-order valence-electron chi connectivity index (χ0n) is 10.0. The quantitative estimate of drug-likeness (QED) is 0.363. The van der Waals surface area contributed by atoms with Gasteiger partial charge < -0.3 is 15.7 Å². The molecule has 0 saturated carbocycles. The second-order valence-electron chi connectivity index (χ2n) is 4.32. The summed E-state index contributed by atoms with van der Waals surface area (Å²) in [6.07, 6.45) is 3.81. The Balaban J connectivity index is 2.13. The van der Waals surface area contributed by atoms with Crippen molar-refractivity contribution in [2.75, 3.05) is 0 Å². The van der Waals surface area contributed by atoms with Gasteiger partial charge in [-0.3, -0.25) is 0 Å². The third kappa shape index (κ3) is 2.52. The van der Waals surface area contributed by atoms with E-state index in [1.165, 1.54) is 17.5 Å². The predicted octanol–water partition coefficient (Wildman–Crippen LogP) is 2.08. The molecule has 2 rings (SSSR count). The number of hydrogen-bond acceptors (Lipinski definition) is 3. The Kier molecular flexibility index (Phi) is 3.52. The third-order valence-corrected chi connectivity index (χ3v) is 3.16. The van der Waals surface area contributed by atoms with Gasteiger partial charge in [-0.2, -0.15) is 0 Å². The maximum absolute atomic E-state index is 8.65. The van der Waals surface area contributed by atoms with E-state index in [1.54, 1.807) is 0 Å². The van der Waals surface area contributed by atoms with Crippen LogP contribution in [0, 0.1) is 0 Å². The van der Waals surface area contributed by atoms with Crippen LogP contribution in [0.5, 0.6) is 5.75 Å². The number of rotatable bonds is 4. The molecule has 0 radical (unpaired) electrons. The highest BCUT2D eigenvalue weighted by atomic mass is 16.5. The van der Waals surface area contributed by atoms with E-state index in [1.807, 2.05) is 13.0 Å². The summed E-state index contributed by atoms with van der Waals surface area (Å²) in [6.45, 7) is 1.94. The van der Waals surface area contributed by atoms with Crippen LogP contribution in [-0.4, -0.2) is 17.1 Å². The number of amidine groups is 1. The second kappa shape index (κ2) is 5.08. The van der Waals surface area contributed by atoms with E-state index in [0.717, 1.165) is 18.6 Å². The van der Waals surface area contributed by atoms with Crippen LogP contribution in [0.1, 0.15) is 30.9 Å². The van der Waals surface area contributed by atoms with Gasteiger partial charge in [0, 0.05) is 0 Å². The van der Waals surface area contributed by atoms with Gasteiger partial charge in [-0.1, -0.05) is 18.1 Å². The Bertz CT molecular complexity index is 429. The van der Waals surface area contributed by atoms with E-state index in [2.05, 4.69) is 17.3 Å². The highest BCUT2D eigenvalue weighted by Gasteiger charge is 2.16. The van der Waals surface area contributed by atoms with E-state index in [4.69, 9.17) is 15.7 Å². The summed E-state index contributed by atoms with van der Waals surface area (Å²) in [4.78, 5) is 0. The van der Waals surface area contributed by atoms with E-state index >= 15 is 0 Å². The van der Waals surface area contributed by atoms with Crippen LogP contribution in [0.2, 0.25) is 0 Å². The number of benzene rings is 1. The largest absolute Gasteiger partial charge is 0.482 e. The lowest BCUT2D eigenvalue weighted by Gasteiger charge is -2.16. The normalized spacial score (nSPS) is 16.6. The summed E-state index contributed by atoms with van der Waals surface area (Å²) in [7, 11) is 0. The molecule has 0 fully saturated rings. The Morgan fingerprint density at radius 3 is 2.94 bits per heavy atom. The van der Waals surface area contributed by atoms with Gasteiger partial charge in [0.1, 0.15) is 5.75 Å². The smallest absolute Gasteiger partial charge is 0.180 e. The molecule has 1 aliphatic carbocycles. The van der Waals surface area contributed by atoms with Gasteiger partial charge in [0.25, 0.3) is 0 Å². The Morgan fingerprint density at radius 2 is 2.24 bits per heavy atom. The van der Waals surface area contributed by atoms with Crippen molar-refractivity contribution in [3.05, 3.63) is 29.3 Å². The van der Waals surface area contributed by atoms with Gasteiger partial charge in [-0.05, 0) is 48.9 Å². The van der Waals surface area contributed by atoms with Crippen LogP contribution in [-0.2, 0) is 12.8 Å². The number of oxime groups is 1. The lowest BCUT2D eigenvalue weighted by atomic mass is 10.1. The first kappa shape index (κ1) is 11.8. The molecule has 0 heterocycles. The highest BCUT2D eigenvalue weighted by molar-refractivity contribution is 5.84. The second-order valence-corrected chi connectivity index (χ2v) is 4.32. The summed E-state index contributed by atoms with van der Waals surface area (Å²) in [6, 6.07) is 6.13. The first-order valence-corrected chi connectivity index (χ1v) is 6.00. The third-order valence-electron chi connectivity index (χ3n) is 3.16. The molecule has 3 N–H and O–H groups in total. The fraction of sp³-hybridized carbons (Fsp3) is 0.462. The predicted molar refractivity (Wildman–Crippen MR) is 66.6 cm³/mol. The van der Waals surface area contributed by atoms with Gasteiger partial charge in [0.15, 0.2) is 11.9 Å². The van der Waals surface area contributed by atoms with E-state index in [9.17, 15) is 0 Å². The van der Waals surface area contributed by atoms with Crippen LogP contribution in [0.3, 0.4) is 0 Å². The van der Waals surface area contributed by atoms with Gasteiger partial charge in [-0.25, -0.2) is 0 Å². The molecule has 0 saturated heterocycles. The minimum absolute atomic E-state index is 0.119. The van der Waals surface area contributed by atoms with Crippen LogP contribution < -0.4 is 10.5 Å². The molecule has 0 spiro atoms. The number of ether oxygens (including phenoxy) is 1. The van der Waals surface area contributed by atoms with Crippen molar-refractivity contribution >= 4 is 5.84 Å². The molecular formula is C13H18N2O2. The van der Waals surface area contributed by atoms with Crippen molar-refractivity contribution in [3.63, 3.8) is 0 Å². The molecule has 0 amide bonds. The summed E-state index contributed by atoms with van der Waals surface area (Å²) in [5.74, 6) is 0.914. The van der Waals surface area contributed by atoms with Gasteiger partial charge in [-0.15, -0.1) is 0 Å². The molecule has 4 nitrogen and oxygen atoms in total. The topological polar surface area (TPSA) is 67.8 Å². The summed E-state index contributed by atoms with van der Waals surface area (Å²) in [5.41, 5.74) is 8.33. The zero-order chi connectivity index (χ0) is 12.3. The molecule has 1 aromatic rings. The van der Waals surface area contributed by atoms with E-state index < -0.39 is 0 Å². The van der Waals surface area contributed by atoms with Gasteiger partial charge in [0.05, 0.1) is 0 Å². The molecule has 1 atom stereocenters. The number of fused-ring (bicyclic) bond motifs is 1. The number of hydrogen-bond donors (Lipinski definition) is 2. The monoisotopic (exact) mass is 234 g/mol. The minimum atomic E-state index is -0.362. The highest BCUT2D eigenvalue weighted by Crippen LogP contribution is 2.26. The standard InChI is InChI=1S/C13H18N2O2/c1-2-12(13(14)15-16)17-11-7-6-9-4-3-5-10(9)8-11/h6-8,12,16H,2-5H2,1H3,(H2,14,15). The lowest BCUT2D eigenvalue weighted by Crippen LogP contribution is -2.33. The van der Waals surface area contributed by atoms with Crippen LogP contribution in [0.4, 0.5) is 0 Å². The first-order valence-electron chi connectivity index (χ1n) is 6.00. The Morgan fingerprint density at radius 1 is 1.47 bits per heavy atom. The molecule has 0 aliphatic heterocycles. The molecule has 1 unspecified atom stereocenters. The molecule has 1 aliphatic rings. The number of aryl methyl sites for hydroxylation is 2. The molecular weight excluding hydrogens is 216 g/mol. The zero-order valence-corrected chi connectivity index (χ0v) is 10.0. The molecule has 1 aromatic carbocycles. The maximum Gasteiger partial charge on any atom is 0.180 e. The van der Waals surface area contributed by atoms with E-state index in [-0.39, 0.29) is 11.9 Å². The first-order chi connectivity index (χ1) is 8.24. The van der Waals surface area contributed by atoms with Gasteiger partial charge in [0.2, 0.25) is 0 Å². The van der Waals surface area contributed by atoms with Crippen molar-refractivity contribution in [2.24, 2.45) is 10.9 Å². The van der Waals surface area contributed by atoms with Crippen molar-refractivity contribution in [1.29, 1.82) is 0 Å². The van der Waals surface area contributed by atoms with Crippen LogP contribution in [0.15, 0.2) is 23.4 Å². The van der Waals surface area contributed by atoms with Crippen LogP contribution in [0.25, 0.3) is 0 Å². The maximum atomic E-state index is 8.65. The van der Waals surface area contributed by atoms with Crippen molar-refractivity contribution in [3.8, 4) is 5.75 Å². The molecule has 17 heavy (non-hydrogen) atoms. The van der Waals surface area contributed by atoms with Crippen LogP contribution >= 0.6 is 0 Å². The summed E-state index contributed by atoms with van der Waals surface area (Å²) in [5, 5.41) is 11.6. The SMILES string of the molecule is CCC(Oc1ccc2c(c1)CCC2)C(N)=NO. The average Bonchev–Trinajstić information content (AvgIpc) is 2.82. The molecule has 0 aromatic heterocycles. The molecule has 4 heteroatoms. The Labute approximate surface area is 101 Å². The average molecular weight is 234 g/mol. The molecule has 92 valence electrons. The fourth-order valence-corrected chi connectivity index (χ4v) is 2.20. The lowest BCUT2D eigenvalue weighted by molar-refractivity contribution is 0.246. The summed E-state index contributed by atoms with van der Waals surface area (Å²) >= 11 is 0. The minimum Gasteiger partial charge on any atom is -0.482 e. The number of nitrogens with two attached hydrogens (primary N) is 1. The fourth-order valence-electron chi connectivity index (χ4n) is 2.20. The Hall–Kier alpha value is -1.71. The van der Waals surface area contributed by atoms with Crippen molar-refractivity contribution < 1.29 is 9.94 Å². The summed E-state index contributed by atoms with van der Waals surface area (Å²) < 4.78 is 5.73. The number of nitrogens with zero attached hydrogens (tertiary/aromatic N) is 1. The molecule has 0 bridgehead atoms. The van der Waals surface area contributed by atoms with Crippen molar-refractivity contribution in [1.82, 2.24) is 0 Å². The van der Waals surface area contributed by atoms with E-state index in [0.29, 0.717) is 6.42 Å². The van der Waals surface area contributed by atoms with Crippen molar-refractivity contribution in [2.45, 2.75) is 38.7 Å². The van der Waals surface area contributed by atoms with Gasteiger partial charge >= 0.3 is 0 Å².